The number of nitrogens with one attached hydrogen (secondary N) is 1. The molecule has 0 saturated carbocycles. The minimum atomic E-state index is -0.396. The highest BCUT2D eigenvalue weighted by molar-refractivity contribution is 7.10. The lowest BCUT2D eigenvalue weighted by Gasteiger charge is -2.39. The minimum Gasteiger partial charge on any atom is -0.355 e. The summed E-state index contributed by atoms with van der Waals surface area (Å²) in [6, 6.07) is 11.3. The van der Waals surface area contributed by atoms with Crippen LogP contribution in [0.5, 0.6) is 0 Å². The smallest absolute Gasteiger partial charge is 0.254 e. The lowest BCUT2D eigenvalue weighted by Crippen LogP contribution is -2.46. The molecule has 4 atom stereocenters. The van der Waals surface area contributed by atoms with Crippen LogP contribution in [0.3, 0.4) is 0 Å². The van der Waals surface area contributed by atoms with E-state index in [9.17, 15) is 9.59 Å². The predicted octanol–water partition coefficient (Wildman–Crippen LogP) is 4.14. The molecular weight excluding hydrogens is 406 g/mol. The summed E-state index contributed by atoms with van der Waals surface area (Å²) in [4.78, 5) is 31.7. The number of carbonyl (C=O) groups excluding carboxylic acids is 2. The van der Waals surface area contributed by atoms with E-state index in [1.165, 1.54) is 6.42 Å². The van der Waals surface area contributed by atoms with Gasteiger partial charge in [-0.1, -0.05) is 38.1 Å². The largest absolute Gasteiger partial charge is 0.355 e. The molecule has 2 aromatic rings. The Bertz CT molecular complexity index is 903. The highest BCUT2D eigenvalue weighted by Gasteiger charge is 2.42. The van der Waals surface area contributed by atoms with Gasteiger partial charge in [0.1, 0.15) is 0 Å². The fourth-order valence-corrected chi connectivity index (χ4v) is 6.28. The number of thiophene rings is 1. The molecule has 1 aromatic heterocycles. The lowest BCUT2D eigenvalue weighted by atomic mass is 9.81. The summed E-state index contributed by atoms with van der Waals surface area (Å²) in [5.41, 5.74) is 1.47. The molecule has 0 spiro atoms. The molecule has 5 nitrogen and oxygen atoms in total. The summed E-state index contributed by atoms with van der Waals surface area (Å²) in [5.74, 6) is 1.08. The number of likely N-dealkylation sites (N-methyl/N-ethyl adjacent to an activating group) is 1. The maximum atomic E-state index is 13.4. The number of hydrogen-bond donors (Lipinski definition) is 1. The predicted molar refractivity (Wildman–Crippen MR) is 125 cm³/mol. The van der Waals surface area contributed by atoms with Gasteiger partial charge in [-0.15, -0.1) is 11.3 Å². The van der Waals surface area contributed by atoms with Crippen molar-refractivity contribution >= 4 is 23.2 Å². The number of amides is 2. The van der Waals surface area contributed by atoms with Crippen LogP contribution in [0.15, 0.2) is 41.8 Å². The third kappa shape index (κ3) is 4.70. The summed E-state index contributed by atoms with van der Waals surface area (Å²) in [6.45, 7) is 8.64. The van der Waals surface area contributed by atoms with Crippen LogP contribution in [0.1, 0.15) is 59.4 Å². The molecule has 2 aliphatic heterocycles. The molecule has 1 aromatic carbocycles. The maximum Gasteiger partial charge on any atom is 0.254 e. The molecule has 6 heteroatoms. The zero-order valence-corrected chi connectivity index (χ0v) is 19.5. The fourth-order valence-electron chi connectivity index (χ4n) is 5.37. The number of hydrogen-bond acceptors (Lipinski definition) is 4. The highest BCUT2D eigenvalue weighted by Crippen LogP contribution is 2.43. The van der Waals surface area contributed by atoms with E-state index in [1.807, 2.05) is 48.8 Å². The van der Waals surface area contributed by atoms with Gasteiger partial charge in [0.15, 0.2) is 0 Å². The second-order valence-corrected chi connectivity index (χ2v) is 10.3. The van der Waals surface area contributed by atoms with E-state index >= 15 is 0 Å². The Balaban J connectivity index is 1.46. The van der Waals surface area contributed by atoms with E-state index in [0.29, 0.717) is 12.1 Å². The Morgan fingerprint density at radius 2 is 1.87 bits per heavy atom. The molecule has 166 valence electrons. The van der Waals surface area contributed by atoms with Crippen LogP contribution < -0.4 is 5.32 Å². The van der Waals surface area contributed by atoms with Gasteiger partial charge in [-0.05, 0) is 54.3 Å². The number of fused-ring (bicyclic) bond motifs is 1. The monoisotopic (exact) mass is 439 g/mol. The van der Waals surface area contributed by atoms with Crippen molar-refractivity contribution in [3.8, 4) is 0 Å². The topological polar surface area (TPSA) is 52.7 Å². The summed E-state index contributed by atoms with van der Waals surface area (Å²) in [5, 5.41) is 5.19. The molecule has 0 radical (unpaired) electrons. The van der Waals surface area contributed by atoms with Crippen LogP contribution in [0, 0.1) is 11.8 Å². The van der Waals surface area contributed by atoms with Gasteiger partial charge >= 0.3 is 0 Å². The van der Waals surface area contributed by atoms with Crippen LogP contribution in [0.2, 0.25) is 0 Å². The second-order valence-electron chi connectivity index (χ2n) is 9.29. The molecule has 2 aliphatic rings. The van der Waals surface area contributed by atoms with Crippen LogP contribution in [0.4, 0.5) is 0 Å². The molecule has 2 amide bonds. The Hall–Kier alpha value is -2.18. The number of piperidine rings is 1. The van der Waals surface area contributed by atoms with E-state index in [4.69, 9.17) is 0 Å². The van der Waals surface area contributed by atoms with Crippen molar-refractivity contribution in [2.45, 2.75) is 38.6 Å². The molecule has 31 heavy (non-hydrogen) atoms. The van der Waals surface area contributed by atoms with Crippen molar-refractivity contribution in [3.05, 3.63) is 57.8 Å². The van der Waals surface area contributed by atoms with Crippen molar-refractivity contribution in [1.82, 2.24) is 15.1 Å². The maximum absolute atomic E-state index is 13.4. The van der Waals surface area contributed by atoms with Crippen LogP contribution >= 0.6 is 11.3 Å². The van der Waals surface area contributed by atoms with Crippen molar-refractivity contribution in [2.24, 2.45) is 11.8 Å². The molecule has 0 bridgehead atoms. The van der Waals surface area contributed by atoms with Crippen molar-refractivity contribution in [1.29, 1.82) is 0 Å². The SMILES string of the molecule is C[C@@H]1C[C@H](C)CN(CCCNC(=O)[C@H]2c3ccccc3C(=O)N(C)[C@H]2c2cccs2)C1. The highest BCUT2D eigenvalue weighted by atomic mass is 32.1. The number of rotatable bonds is 6. The average molecular weight is 440 g/mol. The molecule has 0 aliphatic carbocycles. The lowest BCUT2D eigenvalue weighted by molar-refractivity contribution is -0.124. The Morgan fingerprint density at radius 1 is 1.13 bits per heavy atom. The van der Waals surface area contributed by atoms with E-state index in [2.05, 4.69) is 24.1 Å². The van der Waals surface area contributed by atoms with Crippen molar-refractivity contribution in [2.75, 3.05) is 33.2 Å². The van der Waals surface area contributed by atoms with Gasteiger partial charge in [-0.3, -0.25) is 9.59 Å². The van der Waals surface area contributed by atoms with Gasteiger partial charge in [0.25, 0.3) is 5.91 Å². The zero-order valence-electron chi connectivity index (χ0n) is 18.7. The van der Waals surface area contributed by atoms with Crippen LogP contribution in [-0.2, 0) is 4.79 Å². The van der Waals surface area contributed by atoms with Gasteiger partial charge in [0, 0.05) is 37.1 Å². The van der Waals surface area contributed by atoms with Crippen molar-refractivity contribution < 1.29 is 9.59 Å². The Kier molecular flexibility index (Phi) is 6.77. The Morgan fingerprint density at radius 3 is 2.58 bits per heavy atom. The first-order valence-electron chi connectivity index (χ1n) is 11.3. The Labute approximate surface area is 189 Å². The number of carbonyl (C=O) groups is 2. The van der Waals surface area contributed by atoms with E-state index in [1.54, 1.807) is 16.2 Å². The molecular formula is C25H33N3O2S. The normalized spacial score (nSPS) is 26.5. The van der Waals surface area contributed by atoms with Gasteiger partial charge < -0.3 is 15.1 Å². The molecule has 1 saturated heterocycles. The summed E-state index contributed by atoms with van der Waals surface area (Å²) < 4.78 is 0. The molecule has 4 rings (SSSR count). The second kappa shape index (κ2) is 9.53. The summed E-state index contributed by atoms with van der Waals surface area (Å²) in [6.07, 6.45) is 2.25. The first kappa shape index (κ1) is 22.0. The van der Waals surface area contributed by atoms with E-state index < -0.39 is 5.92 Å². The third-order valence-corrected chi connectivity index (χ3v) is 7.53. The van der Waals surface area contributed by atoms with Gasteiger partial charge in [-0.2, -0.15) is 0 Å². The van der Waals surface area contributed by atoms with Gasteiger partial charge in [-0.25, -0.2) is 0 Å². The fraction of sp³-hybridized carbons (Fsp3) is 0.520. The average Bonchev–Trinajstić information content (AvgIpc) is 3.27. The quantitative estimate of drug-likeness (QED) is 0.688. The first-order valence-corrected chi connectivity index (χ1v) is 12.2. The summed E-state index contributed by atoms with van der Waals surface area (Å²) >= 11 is 1.60. The van der Waals surface area contributed by atoms with Gasteiger partial charge in [0.05, 0.1) is 12.0 Å². The van der Waals surface area contributed by atoms with Crippen LogP contribution in [-0.4, -0.2) is 54.8 Å². The molecule has 1 fully saturated rings. The molecule has 1 N–H and O–H groups in total. The zero-order chi connectivity index (χ0) is 22.0. The van der Waals surface area contributed by atoms with Crippen molar-refractivity contribution in [3.63, 3.8) is 0 Å². The molecule has 3 heterocycles. The first-order chi connectivity index (χ1) is 15.0. The number of nitrogens with zero attached hydrogens (tertiary/aromatic N) is 2. The summed E-state index contributed by atoms with van der Waals surface area (Å²) in [7, 11) is 1.81. The number of likely N-dealkylation sites (tertiary alicyclic amines) is 1. The van der Waals surface area contributed by atoms with Gasteiger partial charge in [0.2, 0.25) is 5.91 Å². The van der Waals surface area contributed by atoms with E-state index in [-0.39, 0.29) is 17.9 Å². The third-order valence-electron chi connectivity index (χ3n) is 6.59. The van der Waals surface area contributed by atoms with E-state index in [0.717, 1.165) is 48.3 Å². The molecule has 0 unspecified atom stereocenters. The minimum absolute atomic E-state index is 0.00517. The van der Waals surface area contributed by atoms with Crippen LogP contribution in [0.25, 0.3) is 0 Å². The standard InChI is InChI=1S/C25H33N3O2S/c1-17-14-18(2)16-28(15-17)12-7-11-26-24(29)22-19-8-4-5-9-20(19)25(30)27(3)23(22)21-10-6-13-31-21/h4-6,8-10,13,17-18,22-23H,7,11-12,14-16H2,1-3H3,(H,26,29)/t17-,18+,22-,23-/m0/s1. The number of benzene rings is 1.